The van der Waals surface area contributed by atoms with Gasteiger partial charge in [-0.3, -0.25) is 8.75 Å². The van der Waals surface area contributed by atoms with Gasteiger partial charge in [0.15, 0.2) is 0 Å². The van der Waals surface area contributed by atoms with Crippen LogP contribution in [0.15, 0.2) is 16.2 Å². The van der Waals surface area contributed by atoms with Crippen LogP contribution in [0.4, 0.5) is 0 Å². The lowest BCUT2D eigenvalue weighted by Crippen LogP contribution is -2.10. The lowest BCUT2D eigenvalue weighted by Gasteiger charge is -1.86. The van der Waals surface area contributed by atoms with Gasteiger partial charge in [0.25, 0.3) is 5.56 Å². The first-order chi connectivity index (χ1) is 4.34. The van der Waals surface area contributed by atoms with Crippen LogP contribution in [-0.2, 0) is 6.54 Å². The zero-order valence-electron chi connectivity index (χ0n) is 4.70. The van der Waals surface area contributed by atoms with Crippen LogP contribution in [0.25, 0.3) is 0 Å². The number of nitrogens with zero attached hydrogens (tertiary/aromatic N) is 1. The van der Waals surface area contributed by atoms with Crippen LogP contribution in [0, 0.1) is 12.3 Å². The normalized spacial score (nSPS) is 8.78. The summed E-state index contributed by atoms with van der Waals surface area (Å²) in [4.78, 5) is 10.7. The molecule has 0 N–H and O–H groups in total. The summed E-state index contributed by atoms with van der Waals surface area (Å²) in [5, 5.41) is 1.72. The minimum Gasteiger partial charge on any atom is -0.268 e. The Balaban J connectivity index is 2.98. The van der Waals surface area contributed by atoms with Crippen molar-refractivity contribution in [2.75, 3.05) is 0 Å². The summed E-state index contributed by atoms with van der Waals surface area (Å²) in [6.45, 7) is 0.385. The molecule has 1 aromatic rings. The molecule has 1 aromatic heterocycles. The molecule has 0 aromatic carbocycles. The van der Waals surface area contributed by atoms with Crippen molar-refractivity contribution in [1.82, 2.24) is 3.96 Å². The van der Waals surface area contributed by atoms with Crippen molar-refractivity contribution in [3.8, 4) is 12.3 Å². The van der Waals surface area contributed by atoms with Gasteiger partial charge in [-0.1, -0.05) is 17.5 Å². The highest BCUT2D eigenvalue weighted by Crippen LogP contribution is 1.89. The van der Waals surface area contributed by atoms with E-state index in [1.54, 1.807) is 5.38 Å². The van der Waals surface area contributed by atoms with E-state index >= 15 is 0 Å². The largest absolute Gasteiger partial charge is 0.268 e. The first-order valence-electron chi connectivity index (χ1n) is 2.43. The average Bonchev–Trinajstić information content (AvgIpc) is 2.18. The smallest absolute Gasteiger partial charge is 0.261 e. The van der Waals surface area contributed by atoms with Crippen molar-refractivity contribution in [2.45, 2.75) is 6.54 Å². The molecule has 0 atom stereocenters. The van der Waals surface area contributed by atoms with E-state index in [2.05, 4.69) is 5.92 Å². The molecule has 3 heteroatoms. The van der Waals surface area contributed by atoms with E-state index in [1.807, 2.05) is 0 Å². The van der Waals surface area contributed by atoms with Gasteiger partial charge < -0.3 is 0 Å². The molecule has 0 saturated heterocycles. The quantitative estimate of drug-likeness (QED) is 0.520. The van der Waals surface area contributed by atoms with E-state index in [0.717, 1.165) is 0 Å². The zero-order chi connectivity index (χ0) is 6.69. The minimum atomic E-state index is -0.0158. The lowest BCUT2D eigenvalue weighted by molar-refractivity contribution is 0.899. The molecule has 0 unspecified atom stereocenters. The Bertz CT molecular complexity index is 278. The fraction of sp³-hybridized carbons (Fsp3) is 0.167. The van der Waals surface area contributed by atoms with Crippen LogP contribution >= 0.6 is 11.5 Å². The summed E-state index contributed by atoms with van der Waals surface area (Å²) >= 11 is 1.34. The Morgan fingerprint density at radius 3 is 3.11 bits per heavy atom. The van der Waals surface area contributed by atoms with Gasteiger partial charge in [0.2, 0.25) is 0 Å². The molecule has 0 aliphatic heterocycles. The number of terminal acetylenes is 1. The summed E-state index contributed by atoms with van der Waals surface area (Å²) in [6, 6.07) is 1.50. The first kappa shape index (κ1) is 6.12. The molecule has 0 bridgehead atoms. The minimum absolute atomic E-state index is 0.0158. The molecule has 9 heavy (non-hydrogen) atoms. The summed E-state index contributed by atoms with van der Waals surface area (Å²) in [5.41, 5.74) is -0.0158. The second kappa shape index (κ2) is 2.51. The van der Waals surface area contributed by atoms with Gasteiger partial charge in [-0.2, -0.15) is 0 Å². The highest BCUT2D eigenvalue weighted by Gasteiger charge is 1.90. The van der Waals surface area contributed by atoms with Crippen LogP contribution in [0.3, 0.4) is 0 Å². The lowest BCUT2D eigenvalue weighted by atomic mass is 10.6. The molecular weight excluding hydrogens is 134 g/mol. The molecule has 2 nitrogen and oxygen atoms in total. The molecular formula is C6H5NOS. The molecule has 1 heterocycles. The Kier molecular flexibility index (Phi) is 1.71. The van der Waals surface area contributed by atoms with Gasteiger partial charge in [0.05, 0.1) is 6.54 Å². The van der Waals surface area contributed by atoms with Crippen molar-refractivity contribution >= 4 is 11.5 Å². The SMILES string of the molecule is C#CCn1sccc1=O. The fourth-order valence-electron chi connectivity index (χ4n) is 0.495. The van der Waals surface area contributed by atoms with E-state index in [-0.39, 0.29) is 5.56 Å². The zero-order valence-corrected chi connectivity index (χ0v) is 5.52. The second-order valence-electron chi connectivity index (χ2n) is 1.49. The molecule has 0 aliphatic carbocycles. The fourth-order valence-corrected chi connectivity index (χ4v) is 1.13. The van der Waals surface area contributed by atoms with Gasteiger partial charge in [0, 0.05) is 11.4 Å². The van der Waals surface area contributed by atoms with E-state index in [4.69, 9.17) is 6.42 Å². The number of aromatic nitrogens is 1. The third kappa shape index (κ3) is 1.21. The predicted octanol–water partition coefficient (Wildman–Crippen LogP) is 0.543. The van der Waals surface area contributed by atoms with Gasteiger partial charge in [-0.25, -0.2) is 0 Å². The monoisotopic (exact) mass is 139 g/mol. The molecule has 0 amide bonds. The first-order valence-corrected chi connectivity index (χ1v) is 3.26. The number of rotatable bonds is 1. The summed E-state index contributed by atoms with van der Waals surface area (Å²) < 4.78 is 1.51. The van der Waals surface area contributed by atoms with Gasteiger partial charge >= 0.3 is 0 Å². The van der Waals surface area contributed by atoms with E-state index < -0.39 is 0 Å². The Hall–Kier alpha value is -1.01. The van der Waals surface area contributed by atoms with Gasteiger partial charge in [-0.15, -0.1) is 6.42 Å². The highest BCUT2D eigenvalue weighted by atomic mass is 32.1. The van der Waals surface area contributed by atoms with Crippen LogP contribution < -0.4 is 5.56 Å². The molecule has 0 fully saturated rings. The van der Waals surface area contributed by atoms with Crippen molar-refractivity contribution in [3.05, 3.63) is 21.8 Å². The molecule has 1 rings (SSSR count). The highest BCUT2D eigenvalue weighted by molar-refractivity contribution is 7.04. The van der Waals surface area contributed by atoms with Gasteiger partial charge in [0.1, 0.15) is 0 Å². The second-order valence-corrected chi connectivity index (χ2v) is 2.41. The average molecular weight is 139 g/mol. The van der Waals surface area contributed by atoms with E-state index in [9.17, 15) is 4.79 Å². The summed E-state index contributed by atoms with van der Waals surface area (Å²) in [6.07, 6.45) is 4.99. The van der Waals surface area contributed by atoms with Crippen LogP contribution in [0.1, 0.15) is 0 Å². The standard InChI is InChI=1S/C6H5NOS/c1-2-4-7-6(8)3-5-9-7/h1,3,5H,4H2. The molecule has 0 radical (unpaired) electrons. The van der Waals surface area contributed by atoms with E-state index in [1.165, 1.54) is 21.6 Å². The number of hydrogen-bond donors (Lipinski definition) is 0. The Labute approximate surface area is 56.9 Å². The van der Waals surface area contributed by atoms with Gasteiger partial charge in [-0.05, 0) is 0 Å². The van der Waals surface area contributed by atoms with Crippen molar-refractivity contribution in [2.24, 2.45) is 0 Å². The van der Waals surface area contributed by atoms with Crippen molar-refractivity contribution in [3.63, 3.8) is 0 Å². The van der Waals surface area contributed by atoms with Crippen LogP contribution in [0.5, 0.6) is 0 Å². The Morgan fingerprint density at radius 1 is 1.89 bits per heavy atom. The van der Waals surface area contributed by atoms with Crippen LogP contribution in [-0.4, -0.2) is 3.96 Å². The van der Waals surface area contributed by atoms with Crippen molar-refractivity contribution < 1.29 is 0 Å². The number of hydrogen-bond acceptors (Lipinski definition) is 2. The molecule has 0 saturated carbocycles. The van der Waals surface area contributed by atoms with Crippen LogP contribution in [0.2, 0.25) is 0 Å². The molecule has 0 aliphatic rings. The van der Waals surface area contributed by atoms with Crippen molar-refractivity contribution in [1.29, 1.82) is 0 Å². The summed E-state index contributed by atoms with van der Waals surface area (Å²) in [5.74, 6) is 2.38. The third-order valence-corrected chi connectivity index (χ3v) is 1.70. The predicted molar refractivity (Wildman–Crippen MR) is 37.4 cm³/mol. The maximum Gasteiger partial charge on any atom is 0.261 e. The molecule has 0 spiro atoms. The topological polar surface area (TPSA) is 22.0 Å². The summed E-state index contributed by atoms with van der Waals surface area (Å²) in [7, 11) is 0. The van der Waals surface area contributed by atoms with E-state index in [0.29, 0.717) is 6.54 Å². The maximum absolute atomic E-state index is 10.7. The third-order valence-electron chi connectivity index (χ3n) is 0.879. The maximum atomic E-state index is 10.7. The molecule has 46 valence electrons. The Morgan fingerprint density at radius 2 is 2.67 bits per heavy atom.